The average Bonchev–Trinajstić information content (AvgIpc) is 2.52. The van der Waals surface area contributed by atoms with Gasteiger partial charge in [0.05, 0.1) is 12.6 Å². The maximum absolute atomic E-state index is 9.29. The number of rotatable bonds is 3. The summed E-state index contributed by atoms with van der Waals surface area (Å²) in [6.07, 6.45) is -0.647. The van der Waals surface area contributed by atoms with Crippen LogP contribution >= 0.6 is 11.3 Å². The van der Waals surface area contributed by atoms with E-state index in [1.165, 1.54) is 11.3 Å². The van der Waals surface area contributed by atoms with Crippen LogP contribution < -0.4 is 0 Å². The molecule has 0 saturated heterocycles. The van der Waals surface area contributed by atoms with Crippen molar-refractivity contribution in [3.8, 4) is 0 Å². The fourth-order valence-electron chi connectivity index (χ4n) is 0.685. The van der Waals surface area contributed by atoms with E-state index in [1.807, 2.05) is 17.5 Å². The molecule has 1 N–H and O–H groups in total. The first-order chi connectivity index (χ1) is 5.34. The van der Waals surface area contributed by atoms with Gasteiger partial charge in [-0.2, -0.15) is 0 Å². The van der Waals surface area contributed by atoms with Gasteiger partial charge < -0.3 is 5.11 Å². The third-order valence-electron chi connectivity index (χ3n) is 1.19. The predicted octanol–water partition coefficient (Wildman–Crippen LogP) is 2.09. The molecule has 11 heavy (non-hydrogen) atoms. The Balaban J connectivity index is 2.55. The van der Waals surface area contributed by atoms with Crippen LogP contribution in [0.5, 0.6) is 0 Å². The molecule has 1 rings (SSSR count). The summed E-state index contributed by atoms with van der Waals surface area (Å²) < 4.78 is 0. The van der Waals surface area contributed by atoms with E-state index in [4.69, 9.17) is 5.53 Å². The quantitative estimate of drug-likeness (QED) is 0.420. The summed E-state index contributed by atoms with van der Waals surface area (Å²) in [5.41, 5.74) is 7.96. The monoisotopic (exact) mass is 169 g/mol. The molecule has 0 bridgehead atoms. The minimum absolute atomic E-state index is 0.108. The second kappa shape index (κ2) is 3.98. The van der Waals surface area contributed by atoms with Crippen molar-refractivity contribution in [3.05, 3.63) is 32.8 Å². The fourth-order valence-corrected chi connectivity index (χ4v) is 1.39. The van der Waals surface area contributed by atoms with E-state index in [-0.39, 0.29) is 6.54 Å². The van der Waals surface area contributed by atoms with E-state index in [0.29, 0.717) is 0 Å². The third kappa shape index (κ3) is 2.23. The smallest absolute Gasteiger partial charge is 0.0938 e. The number of hydrogen-bond acceptors (Lipinski definition) is 3. The average molecular weight is 169 g/mol. The van der Waals surface area contributed by atoms with Gasteiger partial charge in [0.15, 0.2) is 0 Å². The Morgan fingerprint density at radius 3 is 3.18 bits per heavy atom. The van der Waals surface area contributed by atoms with E-state index >= 15 is 0 Å². The van der Waals surface area contributed by atoms with Gasteiger partial charge in [-0.1, -0.05) is 11.2 Å². The highest BCUT2D eigenvalue weighted by atomic mass is 32.1. The first kappa shape index (κ1) is 8.07. The van der Waals surface area contributed by atoms with Crippen LogP contribution in [0.15, 0.2) is 22.6 Å². The molecule has 0 amide bonds. The molecule has 0 radical (unpaired) electrons. The summed E-state index contributed by atoms with van der Waals surface area (Å²) in [5.74, 6) is 0. The SMILES string of the molecule is [N-]=[N+]=NC[C@H](O)c1cccs1. The Hall–Kier alpha value is -1.03. The van der Waals surface area contributed by atoms with Crippen LogP contribution in [0.25, 0.3) is 10.4 Å². The maximum Gasteiger partial charge on any atom is 0.0938 e. The lowest BCUT2D eigenvalue weighted by Crippen LogP contribution is -1.97. The molecule has 4 nitrogen and oxygen atoms in total. The third-order valence-corrected chi connectivity index (χ3v) is 2.16. The molecule has 58 valence electrons. The van der Waals surface area contributed by atoms with Crippen LogP contribution in [0.2, 0.25) is 0 Å². The highest BCUT2D eigenvalue weighted by Gasteiger charge is 2.05. The number of aliphatic hydroxyl groups is 1. The summed E-state index contributed by atoms with van der Waals surface area (Å²) in [6.45, 7) is 0.108. The molecular formula is C6H7N3OS. The van der Waals surface area contributed by atoms with Crippen LogP contribution in [-0.4, -0.2) is 11.7 Å². The Morgan fingerprint density at radius 2 is 2.64 bits per heavy atom. The molecule has 0 aliphatic carbocycles. The van der Waals surface area contributed by atoms with Crippen LogP contribution in [-0.2, 0) is 0 Å². The molecule has 0 aromatic carbocycles. The largest absolute Gasteiger partial charge is 0.387 e. The fraction of sp³-hybridized carbons (Fsp3) is 0.333. The molecular weight excluding hydrogens is 162 g/mol. The molecule has 0 aliphatic heterocycles. The van der Waals surface area contributed by atoms with Crippen LogP contribution in [0.3, 0.4) is 0 Å². The molecule has 1 heterocycles. The van der Waals surface area contributed by atoms with Crippen LogP contribution in [0, 0.1) is 0 Å². The van der Waals surface area contributed by atoms with Gasteiger partial charge in [-0.25, -0.2) is 0 Å². The van der Waals surface area contributed by atoms with E-state index in [2.05, 4.69) is 10.0 Å². The molecule has 0 spiro atoms. The number of thiophene rings is 1. The van der Waals surface area contributed by atoms with E-state index in [1.54, 1.807) is 0 Å². The molecule has 1 aromatic heterocycles. The maximum atomic E-state index is 9.29. The van der Waals surface area contributed by atoms with Gasteiger partial charge in [0, 0.05) is 9.79 Å². The Labute approximate surface area is 67.7 Å². The zero-order valence-corrected chi connectivity index (χ0v) is 6.53. The van der Waals surface area contributed by atoms with Crippen molar-refractivity contribution < 1.29 is 5.11 Å². The molecule has 1 aromatic rings. The van der Waals surface area contributed by atoms with Crippen molar-refractivity contribution in [3.63, 3.8) is 0 Å². The van der Waals surface area contributed by atoms with Crippen molar-refractivity contribution in [1.29, 1.82) is 0 Å². The van der Waals surface area contributed by atoms with Gasteiger partial charge >= 0.3 is 0 Å². The highest BCUT2D eigenvalue weighted by molar-refractivity contribution is 7.10. The Morgan fingerprint density at radius 1 is 1.82 bits per heavy atom. The normalized spacial score (nSPS) is 12.1. The summed E-state index contributed by atoms with van der Waals surface area (Å²) in [5, 5.41) is 14.4. The lowest BCUT2D eigenvalue weighted by atomic mass is 10.3. The van der Waals surface area contributed by atoms with Crippen LogP contribution in [0.4, 0.5) is 0 Å². The van der Waals surface area contributed by atoms with Gasteiger partial charge in [-0.05, 0) is 17.0 Å². The number of hydrogen-bond donors (Lipinski definition) is 1. The van der Waals surface area contributed by atoms with Gasteiger partial charge in [-0.15, -0.1) is 11.3 Å². The number of azide groups is 1. The lowest BCUT2D eigenvalue weighted by Gasteiger charge is -2.01. The van der Waals surface area contributed by atoms with Crippen molar-refractivity contribution >= 4 is 11.3 Å². The Kier molecular flexibility index (Phi) is 2.92. The van der Waals surface area contributed by atoms with E-state index in [0.717, 1.165) is 4.88 Å². The van der Waals surface area contributed by atoms with Gasteiger partial charge in [0.25, 0.3) is 0 Å². The van der Waals surface area contributed by atoms with Crippen LogP contribution in [0.1, 0.15) is 11.0 Å². The van der Waals surface area contributed by atoms with Crippen molar-refractivity contribution in [1.82, 2.24) is 0 Å². The minimum atomic E-state index is -0.647. The summed E-state index contributed by atoms with van der Waals surface area (Å²) in [4.78, 5) is 3.39. The number of nitrogens with zero attached hydrogens (tertiary/aromatic N) is 3. The number of aliphatic hydroxyl groups excluding tert-OH is 1. The predicted molar refractivity (Wildman–Crippen MR) is 43.3 cm³/mol. The molecule has 0 aliphatic rings. The lowest BCUT2D eigenvalue weighted by molar-refractivity contribution is 0.190. The summed E-state index contributed by atoms with van der Waals surface area (Å²) in [7, 11) is 0. The van der Waals surface area contributed by atoms with Crippen molar-refractivity contribution in [2.45, 2.75) is 6.10 Å². The zero-order valence-electron chi connectivity index (χ0n) is 5.71. The van der Waals surface area contributed by atoms with Gasteiger partial charge in [-0.3, -0.25) is 0 Å². The van der Waals surface area contributed by atoms with Gasteiger partial charge in [0.1, 0.15) is 0 Å². The van der Waals surface area contributed by atoms with Gasteiger partial charge in [0.2, 0.25) is 0 Å². The van der Waals surface area contributed by atoms with Crippen molar-refractivity contribution in [2.75, 3.05) is 6.54 Å². The van der Waals surface area contributed by atoms with Crippen molar-refractivity contribution in [2.24, 2.45) is 5.11 Å². The second-order valence-corrected chi connectivity index (χ2v) is 2.92. The first-order valence-corrected chi connectivity index (χ1v) is 3.95. The molecule has 0 fully saturated rings. The second-order valence-electron chi connectivity index (χ2n) is 1.94. The molecule has 1 atom stereocenters. The first-order valence-electron chi connectivity index (χ1n) is 3.07. The van der Waals surface area contributed by atoms with E-state index in [9.17, 15) is 5.11 Å². The molecule has 0 saturated carbocycles. The summed E-state index contributed by atoms with van der Waals surface area (Å²) >= 11 is 1.45. The highest BCUT2D eigenvalue weighted by Crippen LogP contribution is 2.18. The summed E-state index contributed by atoms with van der Waals surface area (Å²) in [6, 6.07) is 3.65. The van der Waals surface area contributed by atoms with E-state index < -0.39 is 6.10 Å². The minimum Gasteiger partial charge on any atom is -0.387 e. The Bertz CT molecular complexity index is 253. The zero-order chi connectivity index (χ0) is 8.10. The molecule has 5 heteroatoms. The topological polar surface area (TPSA) is 69.0 Å². The molecule has 0 unspecified atom stereocenters. The standard InChI is InChI=1S/C6H7N3OS/c7-9-8-4-5(10)6-2-1-3-11-6/h1-3,5,10H,4H2/t5-/m0/s1.